The van der Waals surface area contributed by atoms with Gasteiger partial charge in [0, 0.05) is 13.1 Å². The lowest BCUT2D eigenvalue weighted by molar-refractivity contribution is -0.154. The van der Waals surface area contributed by atoms with Crippen molar-refractivity contribution in [3.63, 3.8) is 0 Å². The molecule has 0 bridgehead atoms. The molecule has 1 unspecified atom stereocenters. The van der Waals surface area contributed by atoms with Gasteiger partial charge < -0.3 is 10.0 Å². The summed E-state index contributed by atoms with van der Waals surface area (Å²) in [6.45, 7) is 0.529. The minimum absolute atomic E-state index is 0.0970. The molecule has 0 saturated carbocycles. The Bertz CT molecular complexity index is 519. The van der Waals surface area contributed by atoms with Gasteiger partial charge in [0.05, 0.1) is 0 Å². The Balaban J connectivity index is 2.11. The van der Waals surface area contributed by atoms with Crippen molar-refractivity contribution >= 4 is 11.9 Å². The number of aliphatic carboxylic acids is 1. The summed E-state index contributed by atoms with van der Waals surface area (Å²) in [5.74, 6) is -4.56. The molecule has 1 aliphatic rings. The van der Waals surface area contributed by atoms with Gasteiger partial charge >= 0.3 is 5.97 Å². The molecule has 1 aromatic rings. The summed E-state index contributed by atoms with van der Waals surface area (Å²) in [5, 5.41) is 8.92. The van der Waals surface area contributed by atoms with Gasteiger partial charge in [0.2, 0.25) is 5.91 Å². The summed E-state index contributed by atoms with van der Waals surface area (Å²) in [4.78, 5) is 24.2. The van der Waals surface area contributed by atoms with Crippen molar-refractivity contribution in [3.05, 3.63) is 35.4 Å². The molecule has 1 saturated heterocycles. The van der Waals surface area contributed by atoms with Crippen molar-refractivity contribution in [1.82, 2.24) is 4.90 Å². The van der Waals surface area contributed by atoms with Crippen LogP contribution in [0.1, 0.15) is 18.4 Å². The van der Waals surface area contributed by atoms with Crippen LogP contribution in [0.5, 0.6) is 0 Å². The highest BCUT2D eigenvalue weighted by atomic mass is 19.2. The molecular weight excluding hydrogens is 256 g/mol. The molecule has 1 fully saturated rings. The minimum Gasteiger partial charge on any atom is -0.481 e. The number of carboxylic acid groups (broad SMARTS) is 1. The van der Waals surface area contributed by atoms with Gasteiger partial charge in [-0.1, -0.05) is 6.07 Å². The molecule has 4 nitrogen and oxygen atoms in total. The standard InChI is InChI=1S/C13H13F2NO3/c14-10-4-3-8(6-11(10)15)7-16-5-1-2-9(12(16)17)13(18)19/h3-4,6,9H,1-2,5,7H2,(H,18,19). The zero-order chi connectivity index (χ0) is 14.0. The maximum Gasteiger partial charge on any atom is 0.316 e. The lowest BCUT2D eigenvalue weighted by atomic mass is 9.97. The minimum atomic E-state index is -1.14. The molecular formula is C13H13F2NO3. The van der Waals surface area contributed by atoms with Crippen molar-refractivity contribution in [3.8, 4) is 0 Å². The number of carbonyl (C=O) groups is 2. The van der Waals surface area contributed by atoms with Crippen LogP contribution in [0.2, 0.25) is 0 Å². The summed E-state index contributed by atoms with van der Waals surface area (Å²) in [6, 6.07) is 3.40. The van der Waals surface area contributed by atoms with Crippen molar-refractivity contribution < 1.29 is 23.5 Å². The first-order valence-corrected chi connectivity index (χ1v) is 5.94. The Morgan fingerprint density at radius 1 is 1.37 bits per heavy atom. The maximum atomic E-state index is 13.1. The fourth-order valence-electron chi connectivity index (χ4n) is 2.18. The van der Waals surface area contributed by atoms with Crippen LogP contribution in [0.25, 0.3) is 0 Å². The van der Waals surface area contributed by atoms with E-state index < -0.39 is 29.4 Å². The molecule has 1 aliphatic heterocycles. The Morgan fingerprint density at radius 3 is 2.74 bits per heavy atom. The quantitative estimate of drug-likeness (QED) is 0.851. The number of carboxylic acids is 1. The zero-order valence-electron chi connectivity index (χ0n) is 10.1. The molecule has 0 aromatic heterocycles. The van der Waals surface area contributed by atoms with E-state index in [9.17, 15) is 18.4 Å². The second kappa shape index (κ2) is 5.34. The SMILES string of the molecule is O=C(O)C1CCCN(Cc2ccc(F)c(F)c2)C1=O. The summed E-state index contributed by atoms with van der Waals surface area (Å²) < 4.78 is 25.9. The van der Waals surface area contributed by atoms with Gasteiger partial charge in [-0.2, -0.15) is 0 Å². The van der Waals surface area contributed by atoms with Crippen LogP contribution in [0.15, 0.2) is 18.2 Å². The van der Waals surface area contributed by atoms with Gasteiger partial charge in [0.1, 0.15) is 5.92 Å². The largest absolute Gasteiger partial charge is 0.481 e. The molecule has 1 N–H and O–H groups in total. The monoisotopic (exact) mass is 269 g/mol. The third kappa shape index (κ3) is 2.89. The van der Waals surface area contributed by atoms with E-state index in [1.165, 1.54) is 11.0 Å². The predicted molar refractivity (Wildman–Crippen MR) is 62.1 cm³/mol. The van der Waals surface area contributed by atoms with E-state index >= 15 is 0 Å². The first-order chi connectivity index (χ1) is 8.99. The fraction of sp³-hybridized carbons (Fsp3) is 0.385. The smallest absolute Gasteiger partial charge is 0.316 e. The molecule has 102 valence electrons. The fourth-order valence-corrected chi connectivity index (χ4v) is 2.18. The number of benzene rings is 1. The van der Waals surface area contributed by atoms with Crippen molar-refractivity contribution in [2.45, 2.75) is 19.4 Å². The molecule has 2 rings (SSSR count). The van der Waals surface area contributed by atoms with E-state index in [2.05, 4.69) is 0 Å². The van der Waals surface area contributed by atoms with Crippen LogP contribution in [-0.2, 0) is 16.1 Å². The average Bonchev–Trinajstić information content (AvgIpc) is 2.36. The first kappa shape index (κ1) is 13.5. The molecule has 0 spiro atoms. The third-order valence-electron chi connectivity index (χ3n) is 3.19. The zero-order valence-corrected chi connectivity index (χ0v) is 10.1. The second-order valence-corrected chi connectivity index (χ2v) is 4.54. The van der Waals surface area contributed by atoms with Crippen molar-refractivity contribution in [1.29, 1.82) is 0 Å². The van der Waals surface area contributed by atoms with Gasteiger partial charge in [-0.05, 0) is 30.5 Å². The topological polar surface area (TPSA) is 57.6 Å². The number of likely N-dealkylation sites (tertiary alicyclic amines) is 1. The summed E-state index contributed by atoms with van der Waals surface area (Å²) in [6.07, 6.45) is 0.912. The van der Waals surface area contributed by atoms with Gasteiger partial charge in [-0.3, -0.25) is 9.59 Å². The van der Waals surface area contributed by atoms with Crippen LogP contribution in [0.3, 0.4) is 0 Å². The number of halogens is 2. The number of rotatable bonds is 3. The number of piperidine rings is 1. The van der Waals surface area contributed by atoms with Crippen LogP contribution in [0, 0.1) is 17.6 Å². The number of hydrogen-bond donors (Lipinski definition) is 1. The predicted octanol–water partition coefficient (Wildman–Crippen LogP) is 1.79. The molecule has 1 heterocycles. The number of amides is 1. The van der Waals surface area contributed by atoms with E-state index in [0.717, 1.165) is 12.1 Å². The van der Waals surface area contributed by atoms with Crippen molar-refractivity contribution in [2.24, 2.45) is 5.92 Å². The molecule has 1 aromatic carbocycles. The summed E-state index contributed by atoms with van der Waals surface area (Å²) >= 11 is 0. The Morgan fingerprint density at radius 2 is 2.11 bits per heavy atom. The lowest BCUT2D eigenvalue weighted by Crippen LogP contribution is -2.43. The lowest BCUT2D eigenvalue weighted by Gasteiger charge is -2.30. The second-order valence-electron chi connectivity index (χ2n) is 4.54. The van der Waals surface area contributed by atoms with Crippen LogP contribution < -0.4 is 0 Å². The van der Waals surface area contributed by atoms with Crippen LogP contribution in [0.4, 0.5) is 8.78 Å². The summed E-state index contributed by atoms with van der Waals surface area (Å²) in [5.41, 5.74) is 0.443. The van der Waals surface area contributed by atoms with Gasteiger partial charge in [0.25, 0.3) is 0 Å². The average molecular weight is 269 g/mol. The van der Waals surface area contributed by atoms with Crippen LogP contribution >= 0.6 is 0 Å². The highest BCUT2D eigenvalue weighted by molar-refractivity contribution is 5.97. The number of hydrogen-bond acceptors (Lipinski definition) is 2. The molecule has 6 heteroatoms. The molecule has 0 aliphatic carbocycles. The molecule has 1 amide bonds. The van der Waals surface area contributed by atoms with E-state index in [-0.39, 0.29) is 6.54 Å². The first-order valence-electron chi connectivity index (χ1n) is 5.94. The molecule has 19 heavy (non-hydrogen) atoms. The van der Waals surface area contributed by atoms with E-state index in [1.54, 1.807) is 0 Å². The maximum absolute atomic E-state index is 13.1. The third-order valence-corrected chi connectivity index (χ3v) is 3.19. The Hall–Kier alpha value is -1.98. The number of nitrogens with zero attached hydrogens (tertiary/aromatic N) is 1. The molecule has 1 atom stereocenters. The normalized spacial score (nSPS) is 19.6. The van der Waals surface area contributed by atoms with Crippen LogP contribution in [-0.4, -0.2) is 28.4 Å². The van der Waals surface area contributed by atoms with Gasteiger partial charge in [-0.15, -0.1) is 0 Å². The highest BCUT2D eigenvalue weighted by Gasteiger charge is 2.33. The highest BCUT2D eigenvalue weighted by Crippen LogP contribution is 2.21. The van der Waals surface area contributed by atoms with Crippen molar-refractivity contribution in [2.75, 3.05) is 6.54 Å². The van der Waals surface area contributed by atoms with Gasteiger partial charge in [-0.25, -0.2) is 8.78 Å². The van der Waals surface area contributed by atoms with E-state index in [0.29, 0.717) is 24.9 Å². The Kier molecular flexibility index (Phi) is 3.78. The number of carbonyl (C=O) groups excluding carboxylic acids is 1. The summed E-state index contributed by atoms with van der Waals surface area (Å²) in [7, 11) is 0. The van der Waals surface area contributed by atoms with Gasteiger partial charge in [0.15, 0.2) is 11.6 Å². The molecule has 0 radical (unpaired) electrons. The van der Waals surface area contributed by atoms with E-state index in [1.807, 2.05) is 0 Å². The van der Waals surface area contributed by atoms with E-state index in [4.69, 9.17) is 5.11 Å². The Labute approximate surface area is 108 Å².